The van der Waals surface area contributed by atoms with Gasteiger partial charge in [0, 0.05) is 11.6 Å². The maximum absolute atomic E-state index is 13.6. The zero-order valence-electron chi connectivity index (χ0n) is 10.0. The summed E-state index contributed by atoms with van der Waals surface area (Å²) in [5, 5.41) is 2.92. The van der Waals surface area contributed by atoms with E-state index in [9.17, 15) is 9.18 Å². The summed E-state index contributed by atoms with van der Waals surface area (Å²) in [5.74, 6) is -0.718. The van der Waals surface area contributed by atoms with E-state index in [1.807, 2.05) is 0 Å². The van der Waals surface area contributed by atoms with Crippen molar-refractivity contribution in [3.05, 3.63) is 29.0 Å². The Morgan fingerprint density at radius 1 is 1.44 bits per heavy atom. The normalized spacial score (nSPS) is 17.7. The molecule has 1 aliphatic rings. The molecule has 0 unspecified atom stereocenters. The monoisotopic (exact) mass is 270 g/mol. The number of rotatable bonds is 3. The van der Waals surface area contributed by atoms with Gasteiger partial charge in [0.1, 0.15) is 5.82 Å². The number of amides is 1. The maximum atomic E-state index is 13.6. The van der Waals surface area contributed by atoms with Gasteiger partial charge in [0.05, 0.1) is 11.1 Å². The molecule has 18 heavy (non-hydrogen) atoms. The number of halogens is 2. The first kappa shape index (κ1) is 13.3. The van der Waals surface area contributed by atoms with E-state index < -0.39 is 11.2 Å². The highest BCUT2D eigenvalue weighted by Gasteiger charge is 2.39. The SMILES string of the molecule is NCC1(C(=O)Nc2ccc(Cl)cc2F)CCCC1. The zero-order chi connectivity index (χ0) is 13.2. The Balaban J connectivity index is 2.15. The van der Waals surface area contributed by atoms with E-state index in [2.05, 4.69) is 5.32 Å². The van der Waals surface area contributed by atoms with Crippen molar-refractivity contribution in [1.82, 2.24) is 0 Å². The molecule has 3 nitrogen and oxygen atoms in total. The second kappa shape index (κ2) is 5.24. The standard InChI is InChI=1S/C13H16ClFN2O/c14-9-3-4-11(10(15)7-9)17-12(18)13(8-16)5-1-2-6-13/h3-4,7H,1-2,5-6,8,16H2,(H,17,18). The van der Waals surface area contributed by atoms with Gasteiger partial charge in [0.25, 0.3) is 0 Å². The average Bonchev–Trinajstić information content (AvgIpc) is 2.82. The first-order valence-electron chi connectivity index (χ1n) is 6.04. The summed E-state index contributed by atoms with van der Waals surface area (Å²) in [7, 11) is 0. The third-order valence-corrected chi connectivity index (χ3v) is 3.85. The van der Waals surface area contributed by atoms with Gasteiger partial charge in [-0.2, -0.15) is 0 Å². The minimum Gasteiger partial charge on any atom is -0.329 e. The van der Waals surface area contributed by atoms with Crippen LogP contribution >= 0.6 is 11.6 Å². The molecule has 1 aromatic rings. The lowest BCUT2D eigenvalue weighted by Crippen LogP contribution is -2.40. The number of hydrogen-bond acceptors (Lipinski definition) is 2. The van der Waals surface area contributed by atoms with E-state index >= 15 is 0 Å². The van der Waals surface area contributed by atoms with Gasteiger partial charge < -0.3 is 11.1 Å². The molecule has 98 valence electrons. The Hall–Kier alpha value is -1.13. The smallest absolute Gasteiger partial charge is 0.231 e. The van der Waals surface area contributed by atoms with Crippen LogP contribution in [0.1, 0.15) is 25.7 Å². The van der Waals surface area contributed by atoms with Crippen LogP contribution in [-0.2, 0) is 4.79 Å². The molecule has 0 bridgehead atoms. The summed E-state index contributed by atoms with van der Waals surface area (Å²) < 4.78 is 13.6. The molecule has 1 aliphatic carbocycles. The molecule has 2 rings (SSSR count). The molecule has 3 N–H and O–H groups in total. The number of benzene rings is 1. The molecule has 1 saturated carbocycles. The summed E-state index contributed by atoms with van der Waals surface area (Å²) in [5.41, 5.74) is 5.33. The fourth-order valence-electron chi connectivity index (χ4n) is 2.42. The van der Waals surface area contributed by atoms with Gasteiger partial charge in [-0.25, -0.2) is 4.39 Å². The fraction of sp³-hybridized carbons (Fsp3) is 0.462. The van der Waals surface area contributed by atoms with E-state index in [1.54, 1.807) is 6.07 Å². The Labute approximate surface area is 111 Å². The van der Waals surface area contributed by atoms with Gasteiger partial charge in [0.2, 0.25) is 5.91 Å². The van der Waals surface area contributed by atoms with Crippen molar-refractivity contribution in [3.63, 3.8) is 0 Å². The quantitative estimate of drug-likeness (QED) is 0.887. The van der Waals surface area contributed by atoms with Gasteiger partial charge in [-0.1, -0.05) is 24.4 Å². The van der Waals surface area contributed by atoms with Crippen LogP contribution in [0.4, 0.5) is 10.1 Å². The van der Waals surface area contributed by atoms with Gasteiger partial charge >= 0.3 is 0 Å². The molecular weight excluding hydrogens is 255 g/mol. The van der Waals surface area contributed by atoms with Gasteiger partial charge in [-0.3, -0.25) is 4.79 Å². The summed E-state index contributed by atoms with van der Waals surface area (Å²) in [6.07, 6.45) is 3.52. The summed E-state index contributed by atoms with van der Waals surface area (Å²) in [6, 6.07) is 4.19. The lowest BCUT2D eigenvalue weighted by Gasteiger charge is -2.25. The lowest BCUT2D eigenvalue weighted by atomic mass is 9.85. The highest BCUT2D eigenvalue weighted by atomic mass is 35.5. The Bertz CT molecular complexity index is 458. The first-order chi connectivity index (χ1) is 8.57. The molecule has 0 saturated heterocycles. The van der Waals surface area contributed by atoms with E-state index in [1.165, 1.54) is 12.1 Å². The third kappa shape index (κ3) is 2.49. The van der Waals surface area contributed by atoms with Crippen molar-refractivity contribution in [2.45, 2.75) is 25.7 Å². The molecule has 0 radical (unpaired) electrons. The van der Waals surface area contributed by atoms with Crippen molar-refractivity contribution in [2.75, 3.05) is 11.9 Å². The molecule has 1 amide bonds. The van der Waals surface area contributed by atoms with E-state index in [4.69, 9.17) is 17.3 Å². The molecule has 0 aromatic heterocycles. The first-order valence-corrected chi connectivity index (χ1v) is 6.42. The summed E-state index contributed by atoms with van der Waals surface area (Å²) in [4.78, 5) is 12.2. The molecule has 0 atom stereocenters. The van der Waals surface area contributed by atoms with E-state index in [0.29, 0.717) is 11.6 Å². The van der Waals surface area contributed by atoms with E-state index in [0.717, 1.165) is 25.7 Å². The largest absolute Gasteiger partial charge is 0.329 e. The molecule has 0 aliphatic heterocycles. The maximum Gasteiger partial charge on any atom is 0.231 e. The minimum atomic E-state index is -0.536. The second-order valence-electron chi connectivity index (χ2n) is 4.77. The zero-order valence-corrected chi connectivity index (χ0v) is 10.8. The van der Waals surface area contributed by atoms with Crippen LogP contribution in [0.5, 0.6) is 0 Å². The van der Waals surface area contributed by atoms with Crippen molar-refractivity contribution in [3.8, 4) is 0 Å². The Kier molecular flexibility index (Phi) is 3.88. The van der Waals surface area contributed by atoms with Crippen molar-refractivity contribution >= 4 is 23.2 Å². The molecule has 0 spiro atoms. The number of nitrogens with one attached hydrogen (secondary N) is 1. The van der Waals surface area contributed by atoms with E-state index in [-0.39, 0.29) is 11.6 Å². The lowest BCUT2D eigenvalue weighted by molar-refractivity contribution is -0.124. The third-order valence-electron chi connectivity index (χ3n) is 3.61. The molecule has 5 heteroatoms. The minimum absolute atomic E-state index is 0.157. The van der Waals surface area contributed by atoms with Crippen LogP contribution in [0.3, 0.4) is 0 Å². The van der Waals surface area contributed by atoms with Crippen molar-refractivity contribution in [1.29, 1.82) is 0 Å². The number of nitrogens with two attached hydrogens (primary N) is 1. The highest BCUT2D eigenvalue weighted by Crippen LogP contribution is 2.38. The number of anilines is 1. The second-order valence-corrected chi connectivity index (χ2v) is 5.21. The average molecular weight is 271 g/mol. The van der Waals surface area contributed by atoms with Crippen LogP contribution in [0.15, 0.2) is 18.2 Å². The van der Waals surface area contributed by atoms with Gasteiger partial charge in [0.15, 0.2) is 0 Å². The summed E-state index contributed by atoms with van der Waals surface area (Å²) in [6.45, 7) is 0.300. The topological polar surface area (TPSA) is 55.1 Å². The van der Waals surface area contributed by atoms with Crippen LogP contribution in [0.25, 0.3) is 0 Å². The fourth-order valence-corrected chi connectivity index (χ4v) is 2.58. The predicted molar refractivity (Wildman–Crippen MR) is 70.0 cm³/mol. The number of carbonyl (C=O) groups is 1. The van der Waals surface area contributed by atoms with Crippen LogP contribution < -0.4 is 11.1 Å². The number of hydrogen-bond donors (Lipinski definition) is 2. The molecular formula is C13H16ClFN2O. The Morgan fingerprint density at radius 2 is 2.11 bits per heavy atom. The van der Waals surface area contributed by atoms with Gasteiger partial charge in [-0.05, 0) is 31.0 Å². The van der Waals surface area contributed by atoms with Crippen molar-refractivity contribution in [2.24, 2.45) is 11.1 Å². The molecule has 1 aromatic carbocycles. The van der Waals surface area contributed by atoms with Crippen LogP contribution in [0, 0.1) is 11.2 Å². The van der Waals surface area contributed by atoms with Crippen LogP contribution in [0.2, 0.25) is 5.02 Å². The van der Waals surface area contributed by atoms with Gasteiger partial charge in [-0.15, -0.1) is 0 Å². The summed E-state index contributed by atoms with van der Waals surface area (Å²) >= 11 is 5.66. The van der Waals surface area contributed by atoms with Crippen LogP contribution in [-0.4, -0.2) is 12.5 Å². The number of carbonyl (C=O) groups excluding carboxylic acids is 1. The Morgan fingerprint density at radius 3 is 2.67 bits per heavy atom. The molecule has 0 heterocycles. The van der Waals surface area contributed by atoms with Crippen molar-refractivity contribution < 1.29 is 9.18 Å². The highest BCUT2D eigenvalue weighted by molar-refractivity contribution is 6.30. The molecule has 1 fully saturated rings. The predicted octanol–water partition coefficient (Wildman–Crippen LogP) is 2.94.